The van der Waals surface area contributed by atoms with Gasteiger partial charge in [-0.3, -0.25) is 0 Å². The second kappa shape index (κ2) is 13.2. The number of fused-ring (bicyclic) bond motifs is 6. The van der Waals surface area contributed by atoms with E-state index in [9.17, 15) is 0 Å². The number of benzene rings is 7. The Bertz CT molecular complexity index is 3170. The summed E-state index contributed by atoms with van der Waals surface area (Å²) < 4.78 is 9.11. The molecule has 0 fully saturated rings. The Morgan fingerprint density at radius 3 is 1.80 bits per heavy atom. The van der Waals surface area contributed by atoms with E-state index >= 15 is 0 Å². The van der Waals surface area contributed by atoms with Crippen LogP contribution in [0.15, 0.2) is 186 Å². The van der Waals surface area contributed by atoms with Crippen molar-refractivity contribution in [3.63, 3.8) is 0 Å². The molecule has 11 rings (SSSR count). The summed E-state index contributed by atoms with van der Waals surface area (Å²) in [5.74, 6) is 1.81. The maximum Gasteiger partial charge on any atom is 0.164 e. The minimum atomic E-state index is 0.585. The lowest BCUT2D eigenvalue weighted by Gasteiger charge is -2.11. The molecular formula is C51H34N4O. The summed E-state index contributed by atoms with van der Waals surface area (Å²) in [6.07, 6.45) is 8.95. The first-order valence-electron chi connectivity index (χ1n) is 19.1. The van der Waals surface area contributed by atoms with Gasteiger partial charge < -0.3 is 8.98 Å². The molecule has 0 atom stereocenters. The van der Waals surface area contributed by atoms with Gasteiger partial charge in [0.15, 0.2) is 17.5 Å². The Morgan fingerprint density at radius 2 is 1.07 bits per heavy atom. The fourth-order valence-electron chi connectivity index (χ4n) is 8.16. The Morgan fingerprint density at radius 1 is 0.446 bits per heavy atom. The Labute approximate surface area is 323 Å². The summed E-state index contributed by atoms with van der Waals surface area (Å²) in [6, 6.07) is 57.1. The average molecular weight is 719 g/mol. The molecule has 0 amide bonds. The number of hydrogen-bond donors (Lipinski definition) is 0. The zero-order valence-electron chi connectivity index (χ0n) is 30.4. The minimum Gasteiger partial charge on any atom is -0.455 e. The highest BCUT2D eigenvalue weighted by molar-refractivity contribution is 6.12. The fourth-order valence-corrected chi connectivity index (χ4v) is 8.16. The van der Waals surface area contributed by atoms with Crippen molar-refractivity contribution in [1.29, 1.82) is 0 Å². The van der Waals surface area contributed by atoms with Gasteiger partial charge in [-0.15, -0.1) is 0 Å². The number of hydrogen-bond acceptors (Lipinski definition) is 4. The molecule has 56 heavy (non-hydrogen) atoms. The minimum absolute atomic E-state index is 0.585. The Balaban J connectivity index is 1.10. The van der Waals surface area contributed by atoms with E-state index in [1.54, 1.807) is 0 Å². The SMILES string of the molecule is C1=CC(c2cc(-c3ccccc3)c3oc4cc(-c5nc(-c6ccccc6)nc(-c6ccc7c8ccccc8n(-c8ccccc8)c7c6)n5)ccc4c3c2)=CCC1. The van der Waals surface area contributed by atoms with Crippen molar-refractivity contribution in [2.45, 2.75) is 12.8 Å². The molecule has 0 spiro atoms. The van der Waals surface area contributed by atoms with E-state index in [0.717, 1.165) is 79.3 Å². The number of nitrogens with zero attached hydrogens (tertiary/aromatic N) is 4. The van der Waals surface area contributed by atoms with E-state index in [1.807, 2.05) is 30.3 Å². The number of aromatic nitrogens is 4. The van der Waals surface area contributed by atoms with Crippen LogP contribution in [0.2, 0.25) is 0 Å². The Hall–Kier alpha value is -7.37. The van der Waals surface area contributed by atoms with E-state index in [1.165, 1.54) is 21.9 Å². The lowest BCUT2D eigenvalue weighted by molar-refractivity contribution is 0.670. The molecule has 0 aliphatic heterocycles. The molecule has 5 heteroatoms. The van der Waals surface area contributed by atoms with Crippen molar-refractivity contribution in [3.8, 4) is 51.0 Å². The Kier molecular flexibility index (Phi) is 7.56. The molecule has 264 valence electrons. The van der Waals surface area contributed by atoms with Crippen molar-refractivity contribution >= 4 is 49.3 Å². The van der Waals surface area contributed by atoms with Crippen LogP contribution in [0.25, 0.3) is 100 Å². The summed E-state index contributed by atoms with van der Waals surface area (Å²) in [5.41, 5.74) is 12.3. The quantitative estimate of drug-likeness (QED) is 0.172. The van der Waals surface area contributed by atoms with Gasteiger partial charge in [0, 0.05) is 49.5 Å². The van der Waals surface area contributed by atoms with E-state index in [4.69, 9.17) is 19.4 Å². The number of para-hydroxylation sites is 2. The van der Waals surface area contributed by atoms with Gasteiger partial charge in [-0.1, -0.05) is 133 Å². The predicted molar refractivity (Wildman–Crippen MR) is 230 cm³/mol. The summed E-state index contributed by atoms with van der Waals surface area (Å²) in [7, 11) is 0. The van der Waals surface area contributed by atoms with Crippen molar-refractivity contribution in [1.82, 2.24) is 19.5 Å². The van der Waals surface area contributed by atoms with Crippen molar-refractivity contribution < 1.29 is 4.42 Å². The normalized spacial score (nSPS) is 12.9. The van der Waals surface area contributed by atoms with Crippen LogP contribution in [-0.4, -0.2) is 19.5 Å². The highest BCUT2D eigenvalue weighted by atomic mass is 16.3. The smallest absolute Gasteiger partial charge is 0.164 e. The molecule has 0 saturated heterocycles. The van der Waals surface area contributed by atoms with Gasteiger partial charge in [-0.05, 0) is 78.1 Å². The van der Waals surface area contributed by atoms with Crippen LogP contribution in [0.4, 0.5) is 0 Å². The summed E-state index contributed by atoms with van der Waals surface area (Å²) in [5, 5.41) is 4.52. The molecule has 0 unspecified atom stereocenters. The van der Waals surface area contributed by atoms with E-state index in [2.05, 4.69) is 156 Å². The van der Waals surface area contributed by atoms with Gasteiger partial charge in [0.25, 0.3) is 0 Å². The van der Waals surface area contributed by atoms with Crippen LogP contribution in [-0.2, 0) is 0 Å². The van der Waals surface area contributed by atoms with E-state index < -0.39 is 0 Å². The first kappa shape index (κ1) is 32.1. The number of furan rings is 1. The monoisotopic (exact) mass is 718 g/mol. The third kappa shape index (κ3) is 5.44. The molecule has 1 aliphatic rings. The van der Waals surface area contributed by atoms with Crippen molar-refractivity contribution in [2.24, 2.45) is 0 Å². The fraction of sp³-hybridized carbons (Fsp3) is 0.0392. The molecule has 3 aromatic heterocycles. The van der Waals surface area contributed by atoms with Gasteiger partial charge in [-0.2, -0.15) is 0 Å². The van der Waals surface area contributed by atoms with Crippen LogP contribution < -0.4 is 0 Å². The highest BCUT2D eigenvalue weighted by Crippen LogP contribution is 2.41. The van der Waals surface area contributed by atoms with Crippen LogP contribution in [0.5, 0.6) is 0 Å². The number of allylic oxidation sites excluding steroid dienone is 4. The van der Waals surface area contributed by atoms with Crippen LogP contribution in [0.1, 0.15) is 18.4 Å². The van der Waals surface area contributed by atoms with Crippen LogP contribution in [0, 0.1) is 0 Å². The van der Waals surface area contributed by atoms with Crippen LogP contribution in [0.3, 0.4) is 0 Å². The largest absolute Gasteiger partial charge is 0.455 e. The predicted octanol–water partition coefficient (Wildman–Crippen LogP) is 13.3. The van der Waals surface area contributed by atoms with Crippen LogP contribution >= 0.6 is 0 Å². The van der Waals surface area contributed by atoms with E-state index in [0.29, 0.717) is 17.5 Å². The third-order valence-corrected chi connectivity index (χ3v) is 10.9. The molecular weight excluding hydrogens is 685 g/mol. The first-order chi connectivity index (χ1) is 27.7. The topological polar surface area (TPSA) is 56.7 Å². The molecule has 5 nitrogen and oxygen atoms in total. The lowest BCUT2D eigenvalue weighted by atomic mass is 9.93. The molecule has 3 heterocycles. The molecule has 0 radical (unpaired) electrons. The van der Waals surface area contributed by atoms with E-state index in [-0.39, 0.29) is 0 Å². The third-order valence-electron chi connectivity index (χ3n) is 10.9. The summed E-state index contributed by atoms with van der Waals surface area (Å²) in [4.78, 5) is 15.3. The maximum absolute atomic E-state index is 6.79. The van der Waals surface area contributed by atoms with Gasteiger partial charge >= 0.3 is 0 Å². The molecule has 0 saturated carbocycles. The number of rotatable bonds is 6. The molecule has 1 aliphatic carbocycles. The zero-order chi connectivity index (χ0) is 37.0. The first-order valence-corrected chi connectivity index (χ1v) is 19.1. The van der Waals surface area contributed by atoms with Gasteiger partial charge in [0.05, 0.1) is 11.0 Å². The molecule has 0 N–H and O–H groups in total. The van der Waals surface area contributed by atoms with Crippen molar-refractivity contribution in [3.05, 3.63) is 188 Å². The second-order valence-electron chi connectivity index (χ2n) is 14.3. The summed E-state index contributed by atoms with van der Waals surface area (Å²) in [6.45, 7) is 0. The maximum atomic E-state index is 6.79. The zero-order valence-corrected chi connectivity index (χ0v) is 30.4. The molecule has 0 bridgehead atoms. The lowest BCUT2D eigenvalue weighted by Crippen LogP contribution is -2.00. The standard InChI is InChI=1S/C51H34N4O/c1-5-15-33(16-6-1)38-29-43(34-17-7-2-8-18-34)48-44(30-38)42-28-26-37(32-47(42)56-48)51-53-49(35-19-9-3-10-20-35)52-50(54-51)36-25-27-41-40-23-13-14-24-45(40)55(46(41)31-36)39-21-11-4-12-22-39/h2-5,7-32H,1,6H2. The van der Waals surface area contributed by atoms with Gasteiger partial charge in [0.1, 0.15) is 11.2 Å². The second-order valence-corrected chi connectivity index (χ2v) is 14.3. The van der Waals surface area contributed by atoms with Gasteiger partial charge in [-0.25, -0.2) is 15.0 Å². The average Bonchev–Trinajstić information content (AvgIpc) is 3.82. The van der Waals surface area contributed by atoms with Gasteiger partial charge in [0.2, 0.25) is 0 Å². The van der Waals surface area contributed by atoms with Crippen molar-refractivity contribution in [2.75, 3.05) is 0 Å². The molecule has 7 aromatic carbocycles. The molecule has 10 aromatic rings. The highest BCUT2D eigenvalue weighted by Gasteiger charge is 2.20. The summed E-state index contributed by atoms with van der Waals surface area (Å²) >= 11 is 0.